The molecule has 4 nitrogen and oxygen atoms in total. The number of nitrogens with one attached hydrogen (secondary N) is 1. The van der Waals surface area contributed by atoms with Crippen molar-refractivity contribution in [3.8, 4) is 0 Å². The van der Waals surface area contributed by atoms with Crippen LogP contribution in [-0.4, -0.2) is 36.1 Å². The van der Waals surface area contributed by atoms with Crippen LogP contribution in [0.2, 0.25) is 0 Å². The Balaban J connectivity index is 1.96. The fourth-order valence-corrected chi connectivity index (χ4v) is 3.01. The van der Waals surface area contributed by atoms with Gasteiger partial charge in [0.15, 0.2) is 0 Å². The molecule has 1 N–H and O–H groups in total. The van der Waals surface area contributed by atoms with Crippen molar-refractivity contribution in [2.24, 2.45) is 0 Å². The second-order valence-corrected chi connectivity index (χ2v) is 6.07. The van der Waals surface area contributed by atoms with Crippen LogP contribution in [0.1, 0.15) is 56.0 Å². The first-order valence-electron chi connectivity index (χ1n) is 8.52. The van der Waals surface area contributed by atoms with Gasteiger partial charge in [0.2, 0.25) is 5.95 Å². The van der Waals surface area contributed by atoms with E-state index in [1.165, 1.54) is 42.6 Å². The highest BCUT2D eigenvalue weighted by atomic mass is 15.3. The van der Waals surface area contributed by atoms with Crippen LogP contribution in [0, 0.1) is 13.8 Å². The summed E-state index contributed by atoms with van der Waals surface area (Å²) < 4.78 is 0. The zero-order valence-corrected chi connectivity index (χ0v) is 13.9. The van der Waals surface area contributed by atoms with Crippen LogP contribution in [0.25, 0.3) is 0 Å². The van der Waals surface area contributed by atoms with Gasteiger partial charge in [0.1, 0.15) is 0 Å². The van der Waals surface area contributed by atoms with Crippen LogP contribution in [0.5, 0.6) is 0 Å². The smallest absolute Gasteiger partial charge is 0.225 e. The third-order valence-corrected chi connectivity index (χ3v) is 4.25. The predicted octanol–water partition coefficient (Wildman–Crippen LogP) is 3.02. The highest BCUT2D eigenvalue weighted by Crippen LogP contribution is 2.20. The number of anilines is 1. The van der Waals surface area contributed by atoms with Crippen LogP contribution >= 0.6 is 0 Å². The number of aromatic nitrogens is 2. The lowest BCUT2D eigenvalue weighted by Gasteiger charge is -2.27. The molecule has 1 aromatic heterocycles. The zero-order valence-electron chi connectivity index (χ0n) is 13.9. The van der Waals surface area contributed by atoms with E-state index in [4.69, 9.17) is 9.97 Å². The molecule has 0 radical (unpaired) electrons. The normalized spacial score (nSPS) is 15.5. The lowest BCUT2D eigenvalue weighted by atomic mass is 10.1. The van der Waals surface area contributed by atoms with Gasteiger partial charge in [-0.05, 0) is 71.0 Å². The maximum atomic E-state index is 4.77. The summed E-state index contributed by atoms with van der Waals surface area (Å²) in [4.78, 5) is 11.9. The van der Waals surface area contributed by atoms with Crippen molar-refractivity contribution in [3.05, 3.63) is 17.0 Å². The van der Waals surface area contributed by atoms with Gasteiger partial charge >= 0.3 is 0 Å². The summed E-state index contributed by atoms with van der Waals surface area (Å²) in [6, 6.07) is 0. The van der Waals surface area contributed by atoms with Crippen molar-refractivity contribution in [2.75, 3.05) is 31.1 Å². The summed E-state index contributed by atoms with van der Waals surface area (Å²) in [6.07, 6.45) is 7.32. The predicted molar refractivity (Wildman–Crippen MR) is 89.1 cm³/mol. The molecule has 1 aromatic rings. The average molecular weight is 290 g/mol. The molecule has 0 spiro atoms. The molecule has 0 atom stereocenters. The van der Waals surface area contributed by atoms with Crippen LogP contribution in [0.4, 0.5) is 5.95 Å². The third kappa shape index (κ3) is 4.67. The van der Waals surface area contributed by atoms with Crippen molar-refractivity contribution in [3.63, 3.8) is 0 Å². The van der Waals surface area contributed by atoms with Gasteiger partial charge in [-0.15, -0.1) is 0 Å². The minimum Gasteiger partial charge on any atom is -0.341 e. The standard InChI is InChI=1S/C17H30N4/c1-4-10-18-11-8-9-16-14(2)19-17(20-15(16)3)21-12-6-5-7-13-21/h18H,4-13H2,1-3H3. The number of hydrogen-bond acceptors (Lipinski definition) is 4. The maximum absolute atomic E-state index is 4.77. The van der Waals surface area contributed by atoms with E-state index in [1.807, 2.05) is 0 Å². The minimum atomic E-state index is 0.942. The van der Waals surface area contributed by atoms with E-state index in [2.05, 4.69) is 31.0 Å². The van der Waals surface area contributed by atoms with Gasteiger partial charge in [0.05, 0.1) is 0 Å². The van der Waals surface area contributed by atoms with Gasteiger partial charge < -0.3 is 10.2 Å². The molecule has 4 heteroatoms. The quantitative estimate of drug-likeness (QED) is 0.784. The highest BCUT2D eigenvalue weighted by Gasteiger charge is 2.16. The molecule has 0 aliphatic carbocycles. The Labute approximate surface area is 129 Å². The number of hydrogen-bond donors (Lipinski definition) is 1. The Kier molecular flexibility index (Phi) is 6.43. The van der Waals surface area contributed by atoms with Crippen LogP contribution in [-0.2, 0) is 6.42 Å². The molecule has 118 valence electrons. The Hall–Kier alpha value is -1.16. The van der Waals surface area contributed by atoms with E-state index in [0.29, 0.717) is 0 Å². The molecule has 1 saturated heterocycles. The second-order valence-electron chi connectivity index (χ2n) is 6.07. The van der Waals surface area contributed by atoms with E-state index < -0.39 is 0 Å². The molecule has 1 aliphatic rings. The first-order valence-corrected chi connectivity index (χ1v) is 8.52. The molecule has 2 rings (SSSR count). The Bertz CT molecular complexity index is 415. The number of rotatable bonds is 7. The molecule has 1 fully saturated rings. The average Bonchev–Trinajstić information content (AvgIpc) is 2.50. The number of piperidine rings is 1. The van der Waals surface area contributed by atoms with Crippen molar-refractivity contribution >= 4 is 5.95 Å². The summed E-state index contributed by atoms with van der Waals surface area (Å²) in [5.74, 6) is 0.942. The Morgan fingerprint density at radius 1 is 1.00 bits per heavy atom. The van der Waals surface area contributed by atoms with Gasteiger partial charge in [-0.1, -0.05) is 6.92 Å². The monoisotopic (exact) mass is 290 g/mol. The van der Waals surface area contributed by atoms with Crippen molar-refractivity contribution in [1.82, 2.24) is 15.3 Å². The molecule has 0 bridgehead atoms. The van der Waals surface area contributed by atoms with Crippen LogP contribution < -0.4 is 10.2 Å². The molecule has 2 heterocycles. The van der Waals surface area contributed by atoms with Gasteiger partial charge in [0, 0.05) is 24.5 Å². The third-order valence-electron chi connectivity index (χ3n) is 4.25. The first-order chi connectivity index (χ1) is 10.2. The fraction of sp³-hybridized carbons (Fsp3) is 0.765. The van der Waals surface area contributed by atoms with Crippen molar-refractivity contribution in [1.29, 1.82) is 0 Å². The Morgan fingerprint density at radius 3 is 2.29 bits per heavy atom. The van der Waals surface area contributed by atoms with Crippen LogP contribution in [0.3, 0.4) is 0 Å². The molecule has 0 saturated carbocycles. The molecular weight excluding hydrogens is 260 g/mol. The Morgan fingerprint density at radius 2 is 1.67 bits per heavy atom. The summed E-state index contributed by atoms with van der Waals surface area (Å²) >= 11 is 0. The summed E-state index contributed by atoms with van der Waals surface area (Å²) in [5.41, 5.74) is 3.67. The van der Waals surface area contributed by atoms with Gasteiger partial charge in [-0.3, -0.25) is 0 Å². The van der Waals surface area contributed by atoms with Gasteiger partial charge in [-0.25, -0.2) is 9.97 Å². The fourth-order valence-electron chi connectivity index (χ4n) is 3.01. The summed E-state index contributed by atoms with van der Waals surface area (Å²) in [7, 11) is 0. The van der Waals surface area contributed by atoms with Crippen LogP contribution in [0.15, 0.2) is 0 Å². The zero-order chi connectivity index (χ0) is 15.1. The summed E-state index contributed by atoms with van der Waals surface area (Å²) in [5, 5.41) is 3.46. The molecule has 0 amide bonds. The summed E-state index contributed by atoms with van der Waals surface area (Å²) in [6.45, 7) is 10.9. The molecule has 21 heavy (non-hydrogen) atoms. The lowest BCUT2D eigenvalue weighted by molar-refractivity contribution is 0.566. The SMILES string of the molecule is CCCNCCCc1c(C)nc(N2CCCCC2)nc1C. The molecular formula is C17H30N4. The van der Waals surface area contributed by atoms with Crippen molar-refractivity contribution in [2.45, 2.75) is 59.3 Å². The van der Waals surface area contributed by atoms with E-state index in [1.54, 1.807) is 0 Å². The molecule has 0 unspecified atom stereocenters. The molecule has 1 aliphatic heterocycles. The first kappa shape index (κ1) is 16.2. The minimum absolute atomic E-state index is 0.942. The number of nitrogens with zero attached hydrogens (tertiary/aromatic N) is 3. The van der Waals surface area contributed by atoms with Crippen molar-refractivity contribution < 1.29 is 0 Å². The van der Waals surface area contributed by atoms with E-state index in [-0.39, 0.29) is 0 Å². The number of aryl methyl sites for hydroxylation is 2. The second kappa shape index (κ2) is 8.32. The lowest BCUT2D eigenvalue weighted by Crippen LogP contribution is -2.31. The topological polar surface area (TPSA) is 41.1 Å². The van der Waals surface area contributed by atoms with E-state index in [0.717, 1.165) is 45.0 Å². The van der Waals surface area contributed by atoms with E-state index in [9.17, 15) is 0 Å². The van der Waals surface area contributed by atoms with Gasteiger partial charge in [0.25, 0.3) is 0 Å². The maximum Gasteiger partial charge on any atom is 0.225 e. The van der Waals surface area contributed by atoms with Gasteiger partial charge in [-0.2, -0.15) is 0 Å². The van der Waals surface area contributed by atoms with E-state index >= 15 is 0 Å². The largest absolute Gasteiger partial charge is 0.341 e. The highest BCUT2D eigenvalue weighted by molar-refractivity contribution is 5.37. The molecule has 0 aromatic carbocycles.